The van der Waals surface area contributed by atoms with Gasteiger partial charge in [0.1, 0.15) is 0 Å². The molecule has 0 saturated heterocycles. The minimum absolute atomic E-state index is 0.0713. The number of benzene rings is 1. The van der Waals surface area contributed by atoms with E-state index in [9.17, 15) is 4.79 Å². The van der Waals surface area contributed by atoms with Gasteiger partial charge >= 0.3 is 0 Å². The Hall–Kier alpha value is -2.50. The van der Waals surface area contributed by atoms with E-state index in [2.05, 4.69) is 10.5 Å². The van der Waals surface area contributed by atoms with E-state index in [0.29, 0.717) is 23.7 Å². The van der Waals surface area contributed by atoms with Crippen LogP contribution in [0.5, 0.6) is 11.5 Å². The predicted octanol–water partition coefficient (Wildman–Crippen LogP) is 1.75. The number of nitrogens with zero attached hydrogens (tertiary/aromatic N) is 1. The smallest absolute Gasteiger partial charge is 0.231 e. The minimum atomic E-state index is -0.0713. The Bertz CT molecular complexity index is 636. The molecule has 6 nitrogen and oxygen atoms in total. The van der Waals surface area contributed by atoms with Crippen molar-refractivity contribution in [2.24, 2.45) is 0 Å². The molecule has 1 aliphatic rings. The lowest BCUT2D eigenvalue weighted by atomic mass is 10.1. The lowest BCUT2D eigenvalue weighted by molar-refractivity contribution is -0.120. The van der Waals surface area contributed by atoms with E-state index < -0.39 is 0 Å². The molecule has 0 bridgehead atoms. The summed E-state index contributed by atoms with van der Waals surface area (Å²) in [5.74, 6) is 1.93. The van der Waals surface area contributed by atoms with Crippen LogP contribution in [0.1, 0.15) is 12.6 Å². The summed E-state index contributed by atoms with van der Waals surface area (Å²) in [6.07, 6.45) is 0.210. The van der Waals surface area contributed by atoms with E-state index >= 15 is 0 Å². The molecule has 3 rings (SSSR count). The second kappa shape index (κ2) is 5.24. The van der Waals surface area contributed by atoms with E-state index in [1.807, 2.05) is 25.1 Å². The highest BCUT2D eigenvalue weighted by Gasteiger charge is 2.16. The van der Waals surface area contributed by atoms with Gasteiger partial charge in [-0.25, -0.2) is 0 Å². The Morgan fingerprint density at radius 3 is 3.00 bits per heavy atom. The summed E-state index contributed by atoms with van der Waals surface area (Å²) in [5, 5.41) is 6.62. The molecule has 20 heavy (non-hydrogen) atoms. The Labute approximate surface area is 115 Å². The molecule has 2 heterocycles. The van der Waals surface area contributed by atoms with Crippen molar-refractivity contribution in [1.29, 1.82) is 0 Å². The number of amides is 1. The number of carbonyl (C=O) groups is 1. The van der Waals surface area contributed by atoms with Gasteiger partial charge in [-0.15, -0.1) is 0 Å². The molecule has 2 aromatic rings. The summed E-state index contributed by atoms with van der Waals surface area (Å²) < 4.78 is 15.8. The highest BCUT2D eigenvalue weighted by molar-refractivity contribution is 5.78. The lowest BCUT2D eigenvalue weighted by Crippen LogP contribution is -2.24. The molecule has 0 atom stereocenters. The summed E-state index contributed by atoms with van der Waals surface area (Å²) in [6.45, 7) is 2.71. The van der Waals surface area contributed by atoms with Gasteiger partial charge in [0.15, 0.2) is 17.3 Å². The second-order valence-electron chi connectivity index (χ2n) is 4.38. The molecule has 0 radical (unpaired) electrons. The molecule has 104 valence electrons. The zero-order valence-corrected chi connectivity index (χ0v) is 11.0. The molecule has 1 aromatic carbocycles. The molecular formula is C14H14N2O4. The van der Waals surface area contributed by atoms with Crippen LogP contribution in [-0.2, 0) is 11.2 Å². The largest absolute Gasteiger partial charge is 0.454 e. The first kappa shape index (κ1) is 12.5. The number of ether oxygens (including phenoxy) is 2. The van der Waals surface area contributed by atoms with Gasteiger partial charge in [0.2, 0.25) is 12.7 Å². The molecule has 1 aliphatic heterocycles. The molecule has 0 fully saturated rings. The zero-order valence-electron chi connectivity index (χ0n) is 11.0. The molecule has 1 N–H and O–H groups in total. The van der Waals surface area contributed by atoms with Crippen molar-refractivity contribution in [1.82, 2.24) is 10.5 Å². The van der Waals surface area contributed by atoms with Gasteiger partial charge in [-0.2, -0.15) is 0 Å². The van der Waals surface area contributed by atoms with E-state index in [0.717, 1.165) is 11.3 Å². The highest BCUT2D eigenvalue weighted by Crippen LogP contribution is 2.35. The van der Waals surface area contributed by atoms with Crippen LogP contribution in [0.25, 0.3) is 11.3 Å². The monoisotopic (exact) mass is 274 g/mol. The Morgan fingerprint density at radius 1 is 1.30 bits per heavy atom. The van der Waals surface area contributed by atoms with Crippen LogP contribution in [0.15, 0.2) is 28.8 Å². The zero-order chi connectivity index (χ0) is 13.9. The summed E-state index contributed by atoms with van der Waals surface area (Å²) in [4.78, 5) is 11.5. The number of fused-ring (bicyclic) bond motifs is 1. The molecule has 1 aromatic heterocycles. The third-order valence-electron chi connectivity index (χ3n) is 2.93. The number of carbonyl (C=O) groups excluding carboxylic acids is 1. The van der Waals surface area contributed by atoms with Crippen LogP contribution in [0.2, 0.25) is 0 Å². The van der Waals surface area contributed by atoms with Crippen molar-refractivity contribution >= 4 is 5.91 Å². The van der Waals surface area contributed by atoms with E-state index in [-0.39, 0.29) is 19.1 Å². The van der Waals surface area contributed by atoms with Crippen molar-refractivity contribution < 1.29 is 18.8 Å². The third kappa shape index (κ3) is 2.45. The quantitative estimate of drug-likeness (QED) is 0.919. The Balaban J connectivity index is 1.78. The molecule has 0 aliphatic carbocycles. The van der Waals surface area contributed by atoms with Crippen LogP contribution in [0, 0.1) is 0 Å². The number of nitrogens with one attached hydrogen (secondary N) is 1. The Morgan fingerprint density at radius 2 is 2.15 bits per heavy atom. The molecular weight excluding hydrogens is 260 g/mol. The summed E-state index contributed by atoms with van der Waals surface area (Å²) in [5.41, 5.74) is 1.44. The van der Waals surface area contributed by atoms with Crippen LogP contribution >= 0.6 is 0 Å². The van der Waals surface area contributed by atoms with Gasteiger partial charge in [-0.05, 0) is 25.1 Å². The van der Waals surface area contributed by atoms with Gasteiger partial charge in [-0.1, -0.05) is 5.16 Å². The van der Waals surface area contributed by atoms with Crippen LogP contribution in [0.3, 0.4) is 0 Å². The SMILES string of the molecule is CCNC(=O)Cc1cc(-c2ccc3c(c2)OCO3)on1. The van der Waals surface area contributed by atoms with E-state index in [1.54, 1.807) is 6.07 Å². The van der Waals surface area contributed by atoms with Gasteiger partial charge in [0.25, 0.3) is 0 Å². The van der Waals surface area contributed by atoms with E-state index in [1.165, 1.54) is 0 Å². The standard InChI is InChI=1S/C14H14N2O4/c1-2-15-14(17)7-10-6-12(20-16-10)9-3-4-11-13(5-9)19-8-18-11/h3-6H,2,7-8H2,1H3,(H,15,17). The molecule has 6 heteroatoms. The topological polar surface area (TPSA) is 73.6 Å². The maximum atomic E-state index is 11.5. The Kier molecular flexibility index (Phi) is 3.28. The number of hydrogen-bond acceptors (Lipinski definition) is 5. The van der Waals surface area contributed by atoms with E-state index in [4.69, 9.17) is 14.0 Å². The number of aromatic nitrogens is 1. The van der Waals surface area contributed by atoms with Gasteiger partial charge < -0.3 is 19.3 Å². The molecule has 0 spiro atoms. The van der Waals surface area contributed by atoms with Crippen LogP contribution in [0.4, 0.5) is 0 Å². The number of hydrogen-bond donors (Lipinski definition) is 1. The van der Waals surface area contributed by atoms with Crippen molar-refractivity contribution in [3.05, 3.63) is 30.0 Å². The van der Waals surface area contributed by atoms with Gasteiger partial charge in [0, 0.05) is 18.2 Å². The molecule has 0 unspecified atom stereocenters. The second-order valence-corrected chi connectivity index (χ2v) is 4.38. The van der Waals surface area contributed by atoms with Crippen LogP contribution < -0.4 is 14.8 Å². The lowest BCUT2D eigenvalue weighted by Gasteiger charge is -1.98. The average Bonchev–Trinajstić information content (AvgIpc) is 3.06. The number of likely N-dealkylation sites (N-methyl/N-ethyl adjacent to an activating group) is 1. The van der Waals surface area contributed by atoms with Crippen molar-refractivity contribution in [3.63, 3.8) is 0 Å². The van der Waals surface area contributed by atoms with Crippen molar-refractivity contribution in [2.45, 2.75) is 13.3 Å². The fourth-order valence-electron chi connectivity index (χ4n) is 2.01. The first-order chi connectivity index (χ1) is 9.76. The van der Waals surface area contributed by atoms with Gasteiger partial charge in [-0.3, -0.25) is 4.79 Å². The molecule has 1 amide bonds. The first-order valence-electron chi connectivity index (χ1n) is 6.38. The summed E-state index contributed by atoms with van der Waals surface area (Å²) in [7, 11) is 0. The first-order valence-corrected chi connectivity index (χ1v) is 6.38. The maximum absolute atomic E-state index is 11.5. The minimum Gasteiger partial charge on any atom is -0.454 e. The molecule has 0 saturated carbocycles. The van der Waals surface area contributed by atoms with Crippen molar-refractivity contribution in [2.75, 3.05) is 13.3 Å². The summed E-state index contributed by atoms with van der Waals surface area (Å²) >= 11 is 0. The normalized spacial score (nSPS) is 12.4. The predicted molar refractivity (Wildman–Crippen MR) is 70.4 cm³/mol. The highest BCUT2D eigenvalue weighted by atomic mass is 16.7. The average molecular weight is 274 g/mol. The van der Waals surface area contributed by atoms with Crippen molar-refractivity contribution in [3.8, 4) is 22.8 Å². The third-order valence-corrected chi connectivity index (χ3v) is 2.93. The fourth-order valence-corrected chi connectivity index (χ4v) is 2.01. The number of rotatable bonds is 4. The fraction of sp³-hybridized carbons (Fsp3) is 0.286. The maximum Gasteiger partial charge on any atom is 0.231 e. The summed E-state index contributed by atoms with van der Waals surface area (Å²) in [6, 6.07) is 7.28. The van der Waals surface area contributed by atoms with Gasteiger partial charge in [0.05, 0.1) is 12.1 Å². The van der Waals surface area contributed by atoms with Crippen LogP contribution in [-0.4, -0.2) is 24.4 Å².